The van der Waals surface area contributed by atoms with Crippen LogP contribution in [0, 0.1) is 0 Å². The third-order valence-corrected chi connectivity index (χ3v) is 6.31. The summed E-state index contributed by atoms with van der Waals surface area (Å²) in [6.07, 6.45) is 3.67. The SMILES string of the molecule is CCCCCCCCOc1cnc(-c2ccc(C(=O)Oc3ccc(C(=O)OC(COCCC)C(F)(F)F)cc3)cc2)nc1. The Balaban J connectivity index is 1.49. The summed E-state index contributed by atoms with van der Waals surface area (Å²) in [6, 6.07) is 11.5. The predicted molar refractivity (Wildman–Crippen MR) is 154 cm³/mol. The standard InChI is InChI=1S/C32H37F3N2O6/c1-3-5-6-7-8-9-19-41-27-20-36-29(37-21-27)23-10-12-24(13-11-23)30(38)42-26-16-14-25(15-17-26)31(39)43-28(32(33,34)35)22-40-18-4-2/h10-17,20-21,28H,3-9,18-19,22H2,1-2H3. The minimum atomic E-state index is -4.77. The van der Waals surface area contributed by atoms with Crippen LogP contribution < -0.4 is 9.47 Å². The number of alkyl halides is 3. The molecule has 0 aliphatic heterocycles. The highest BCUT2D eigenvalue weighted by atomic mass is 19.4. The maximum atomic E-state index is 13.2. The van der Waals surface area contributed by atoms with Gasteiger partial charge in [-0.25, -0.2) is 19.6 Å². The molecule has 1 aromatic heterocycles. The van der Waals surface area contributed by atoms with Crippen molar-refractivity contribution >= 4 is 11.9 Å². The fraction of sp³-hybridized carbons (Fsp3) is 0.438. The number of unbranched alkanes of at least 4 members (excludes halogenated alkanes) is 5. The molecule has 1 heterocycles. The predicted octanol–water partition coefficient (Wildman–Crippen LogP) is 7.62. The van der Waals surface area contributed by atoms with Gasteiger partial charge in [-0.3, -0.25) is 0 Å². The molecule has 232 valence electrons. The summed E-state index contributed by atoms with van der Waals surface area (Å²) in [5.74, 6) is -0.664. The Morgan fingerprint density at radius 1 is 0.744 bits per heavy atom. The van der Waals surface area contributed by atoms with Gasteiger partial charge < -0.3 is 18.9 Å². The number of ether oxygens (including phenoxy) is 4. The van der Waals surface area contributed by atoms with Crippen molar-refractivity contribution in [1.82, 2.24) is 9.97 Å². The molecule has 0 N–H and O–H groups in total. The van der Waals surface area contributed by atoms with E-state index in [2.05, 4.69) is 21.6 Å². The lowest BCUT2D eigenvalue weighted by Gasteiger charge is -2.20. The van der Waals surface area contributed by atoms with Crippen molar-refractivity contribution in [3.8, 4) is 22.9 Å². The second-order valence-corrected chi connectivity index (χ2v) is 9.86. The van der Waals surface area contributed by atoms with E-state index in [0.29, 0.717) is 30.2 Å². The third kappa shape index (κ3) is 11.3. The Kier molecular flexibility index (Phi) is 13.4. The smallest absolute Gasteiger partial charge is 0.427 e. The second kappa shape index (κ2) is 17.2. The van der Waals surface area contributed by atoms with Crippen LogP contribution in [-0.2, 0) is 9.47 Å². The summed E-state index contributed by atoms with van der Waals surface area (Å²) >= 11 is 0. The summed E-state index contributed by atoms with van der Waals surface area (Å²) in [5.41, 5.74) is 0.818. The summed E-state index contributed by atoms with van der Waals surface area (Å²) < 4.78 is 60.2. The number of halogens is 3. The molecule has 0 aliphatic carbocycles. The van der Waals surface area contributed by atoms with Crippen molar-refractivity contribution < 1.29 is 41.7 Å². The first-order valence-electron chi connectivity index (χ1n) is 14.4. The van der Waals surface area contributed by atoms with Crippen LogP contribution in [0.4, 0.5) is 13.2 Å². The van der Waals surface area contributed by atoms with Gasteiger partial charge in [0, 0.05) is 12.2 Å². The van der Waals surface area contributed by atoms with Gasteiger partial charge in [0.25, 0.3) is 0 Å². The molecule has 0 spiro atoms. The van der Waals surface area contributed by atoms with Crippen molar-refractivity contribution in [2.45, 2.75) is 71.1 Å². The molecule has 2 aromatic carbocycles. The molecule has 3 aromatic rings. The lowest BCUT2D eigenvalue weighted by Crippen LogP contribution is -2.38. The van der Waals surface area contributed by atoms with Crippen molar-refractivity contribution in [3.05, 3.63) is 72.1 Å². The van der Waals surface area contributed by atoms with Crippen molar-refractivity contribution in [2.75, 3.05) is 19.8 Å². The summed E-state index contributed by atoms with van der Waals surface area (Å²) in [6.45, 7) is 3.88. The lowest BCUT2D eigenvalue weighted by atomic mass is 10.1. The molecule has 0 saturated carbocycles. The first-order chi connectivity index (χ1) is 20.7. The molecular weight excluding hydrogens is 565 g/mol. The average molecular weight is 603 g/mol. The number of hydrogen-bond donors (Lipinski definition) is 0. The number of rotatable bonds is 17. The number of nitrogens with zero attached hydrogens (tertiary/aromatic N) is 2. The van der Waals surface area contributed by atoms with Gasteiger partial charge in [-0.1, -0.05) is 58.1 Å². The third-order valence-electron chi connectivity index (χ3n) is 6.31. The van der Waals surface area contributed by atoms with Crippen LogP contribution in [0.3, 0.4) is 0 Å². The van der Waals surface area contributed by atoms with Crippen molar-refractivity contribution in [2.24, 2.45) is 0 Å². The Hall–Kier alpha value is -3.99. The van der Waals surface area contributed by atoms with Crippen LogP contribution in [0.1, 0.15) is 79.5 Å². The number of carbonyl (C=O) groups excluding carboxylic acids is 2. The zero-order chi connectivity index (χ0) is 31.1. The lowest BCUT2D eigenvalue weighted by molar-refractivity contribution is -0.217. The fourth-order valence-electron chi connectivity index (χ4n) is 3.92. The van der Waals surface area contributed by atoms with Crippen LogP contribution >= 0.6 is 0 Å². The maximum Gasteiger partial charge on any atom is 0.427 e. The Labute approximate surface area is 249 Å². The van der Waals surface area contributed by atoms with E-state index in [0.717, 1.165) is 12.8 Å². The van der Waals surface area contributed by atoms with Gasteiger partial charge in [0.1, 0.15) is 5.75 Å². The van der Waals surface area contributed by atoms with Crippen LogP contribution in [-0.4, -0.2) is 54.0 Å². The van der Waals surface area contributed by atoms with Gasteiger partial charge in [0.05, 0.1) is 36.7 Å². The fourth-order valence-corrected chi connectivity index (χ4v) is 3.92. The number of carbonyl (C=O) groups is 2. The van der Waals surface area contributed by atoms with Crippen LogP contribution in [0.2, 0.25) is 0 Å². The minimum absolute atomic E-state index is 0.101. The van der Waals surface area contributed by atoms with Crippen molar-refractivity contribution in [3.63, 3.8) is 0 Å². The van der Waals surface area contributed by atoms with Crippen LogP contribution in [0.25, 0.3) is 11.4 Å². The zero-order valence-electron chi connectivity index (χ0n) is 24.4. The topological polar surface area (TPSA) is 96.8 Å². The van der Waals surface area contributed by atoms with E-state index < -0.39 is 30.8 Å². The molecule has 8 nitrogen and oxygen atoms in total. The Morgan fingerprint density at radius 2 is 1.35 bits per heavy atom. The Bertz CT molecular complexity index is 1270. The van der Waals surface area contributed by atoms with E-state index in [-0.39, 0.29) is 23.5 Å². The van der Waals surface area contributed by atoms with Gasteiger partial charge in [-0.2, -0.15) is 13.2 Å². The van der Waals surface area contributed by atoms with E-state index in [1.807, 2.05) is 0 Å². The van der Waals surface area contributed by atoms with E-state index >= 15 is 0 Å². The Morgan fingerprint density at radius 3 is 1.98 bits per heavy atom. The maximum absolute atomic E-state index is 13.2. The molecule has 0 fully saturated rings. The quantitative estimate of drug-likeness (QED) is 0.0885. The average Bonchev–Trinajstić information content (AvgIpc) is 3.00. The molecule has 11 heteroatoms. The van der Waals surface area contributed by atoms with E-state index in [9.17, 15) is 22.8 Å². The van der Waals surface area contributed by atoms with Gasteiger partial charge in [-0.15, -0.1) is 0 Å². The van der Waals surface area contributed by atoms with Crippen LogP contribution in [0.15, 0.2) is 60.9 Å². The molecule has 0 amide bonds. The number of aromatic nitrogens is 2. The van der Waals surface area contributed by atoms with E-state index in [4.69, 9.17) is 14.2 Å². The van der Waals surface area contributed by atoms with Gasteiger partial charge in [-0.05, 0) is 49.2 Å². The van der Waals surface area contributed by atoms with Gasteiger partial charge in [0.2, 0.25) is 6.10 Å². The first kappa shape index (κ1) is 33.5. The second-order valence-electron chi connectivity index (χ2n) is 9.86. The molecule has 0 radical (unpaired) electrons. The first-order valence-corrected chi connectivity index (χ1v) is 14.4. The molecular formula is C32H37F3N2O6. The normalized spacial score (nSPS) is 12.0. The molecule has 0 bridgehead atoms. The molecule has 0 aliphatic rings. The number of esters is 2. The van der Waals surface area contributed by atoms with Gasteiger partial charge in [0.15, 0.2) is 11.6 Å². The largest absolute Gasteiger partial charge is 0.490 e. The van der Waals surface area contributed by atoms with Gasteiger partial charge >= 0.3 is 18.1 Å². The highest BCUT2D eigenvalue weighted by Crippen LogP contribution is 2.25. The highest BCUT2D eigenvalue weighted by molar-refractivity contribution is 5.92. The highest BCUT2D eigenvalue weighted by Gasteiger charge is 2.43. The molecule has 1 unspecified atom stereocenters. The minimum Gasteiger partial charge on any atom is -0.490 e. The molecule has 43 heavy (non-hydrogen) atoms. The summed E-state index contributed by atoms with van der Waals surface area (Å²) in [5, 5.41) is 0. The van der Waals surface area contributed by atoms with Crippen LogP contribution in [0.5, 0.6) is 11.5 Å². The molecule has 0 saturated heterocycles. The monoisotopic (exact) mass is 602 g/mol. The van der Waals surface area contributed by atoms with E-state index in [1.165, 1.54) is 49.9 Å². The van der Waals surface area contributed by atoms with Crippen molar-refractivity contribution in [1.29, 1.82) is 0 Å². The summed E-state index contributed by atoms with van der Waals surface area (Å²) in [4.78, 5) is 33.5. The number of hydrogen-bond acceptors (Lipinski definition) is 8. The molecule has 1 atom stereocenters. The molecule has 3 rings (SSSR count). The summed E-state index contributed by atoms with van der Waals surface area (Å²) in [7, 11) is 0. The van der Waals surface area contributed by atoms with E-state index in [1.54, 1.807) is 43.6 Å². The number of benzene rings is 2. The zero-order valence-corrected chi connectivity index (χ0v) is 24.4.